The molecule has 0 bridgehead atoms. The molecule has 1 N–H and O–H groups in total. The van der Waals surface area contributed by atoms with Crippen LogP contribution in [0.4, 0.5) is 0 Å². The van der Waals surface area contributed by atoms with Gasteiger partial charge in [-0.1, -0.05) is 0 Å². The van der Waals surface area contributed by atoms with E-state index in [2.05, 4.69) is 0 Å². The number of carbonyl (C=O) groups excluding carboxylic acids is 2. The molecule has 0 aliphatic carbocycles. The van der Waals surface area contributed by atoms with Crippen LogP contribution in [0.15, 0.2) is 0 Å². The monoisotopic (exact) mass is 246 g/mol. The first-order valence-electron chi connectivity index (χ1n) is 5.59. The van der Waals surface area contributed by atoms with Crippen molar-refractivity contribution in [1.29, 1.82) is 0 Å². The molecular weight excluding hydrogens is 228 g/mol. The highest BCUT2D eigenvalue weighted by Crippen LogP contribution is 2.05. The molecule has 0 unspecified atom stereocenters. The van der Waals surface area contributed by atoms with Crippen molar-refractivity contribution in [2.24, 2.45) is 0 Å². The van der Waals surface area contributed by atoms with E-state index in [1.54, 1.807) is 0 Å². The minimum Gasteiger partial charge on any atom is -0.483 e. The summed E-state index contributed by atoms with van der Waals surface area (Å²) in [7, 11) is 0. The van der Waals surface area contributed by atoms with Crippen LogP contribution >= 0.6 is 0 Å². The number of hydrogen-bond donors (Lipinski definition) is 1. The zero-order valence-electron chi connectivity index (χ0n) is 9.72. The Labute approximate surface area is 99.9 Å². The number of hydrogen-bond acceptors (Lipinski definition) is 5. The number of carboxylic acid groups (broad SMARTS) is 1. The molecule has 0 radical (unpaired) electrons. The molecule has 6 heteroatoms. The van der Waals surface area contributed by atoms with Crippen LogP contribution in [-0.4, -0.2) is 36.7 Å². The molecule has 17 heavy (non-hydrogen) atoms. The number of carbonyl (C=O) groups is 3. The Bertz CT molecular complexity index is 216. The first kappa shape index (κ1) is 15.4. The van der Waals surface area contributed by atoms with Crippen LogP contribution in [0.3, 0.4) is 0 Å². The summed E-state index contributed by atoms with van der Waals surface area (Å²) in [5.41, 5.74) is 0. The third-order valence-electron chi connectivity index (χ3n) is 2.08. The van der Waals surface area contributed by atoms with Gasteiger partial charge < -0.3 is 14.6 Å². The maximum absolute atomic E-state index is 11.0. The minimum absolute atomic E-state index is 0.154. The Hall–Kier alpha value is -1.59. The molecule has 1 saturated heterocycles. The Morgan fingerprint density at radius 2 is 1.24 bits per heavy atom. The fraction of sp³-hybridized carbons (Fsp3) is 0.727. The van der Waals surface area contributed by atoms with Gasteiger partial charge in [0.25, 0.3) is 6.47 Å². The fourth-order valence-corrected chi connectivity index (χ4v) is 1.26. The van der Waals surface area contributed by atoms with Crippen molar-refractivity contribution < 1.29 is 29.0 Å². The van der Waals surface area contributed by atoms with Crippen molar-refractivity contribution >= 4 is 18.4 Å². The molecule has 6 nitrogen and oxygen atoms in total. The van der Waals surface area contributed by atoms with E-state index >= 15 is 0 Å². The Morgan fingerprint density at radius 1 is 0.882 bits per heavy atom. The summed E-state index contributed by atoms with van der Waals surface area (Å²) >= 11 is 0. The van der Waals surface area contributed by atoms with Crippen molar-refractivity contribution in [2.75, 3.05) is 13.2 Å². The van der Waals surface area contributed by atoms with Crippen molar-refractivity contribution in [3.8, 4) is 0 Å². The lowest BCUT2D eigenvalue weighted by Gasteiger charge is -2.08. The molecule has 1 aliphatic heterocycles. The molecule has 1 aliphatic rings. The normalized spacial score (nSPS) is 18.4. The number of esters is 2. The van der Waals surface area contributed by atoms with Gasteiger partial charge in [-0.2, -0.15) is 0 Å². The van der Waals surface area contributed by atoms with Crippen LogP contribution in [0, 0.1) is 0 Å². The average molecular weight is 246 g/mol. The second kappa shape index (κ2) is 10.9. The Kier molecular flexibility index (Phi) is 9.89. The Balaban J connectivity index is 0.000000770. The molecule has 0 spiro atoms. The SMILES string of the molecule is O=C1CCCCC(=O)OCCCCO1.O=CO. The molecule has 0 aromatic heterocycles. The zero-order valence-corrected chi connectivity index (χ0v) is 9.72. The number of ether oxygens (including phenoxy) is 2. The van der Waals surface area contributed by atoms with E-state index in [0.717, 1.165) is 12.8 Å². The van der Waals surface area contributed by atoms with Gasteiger partial charge in [-0.3, -0.25) is 14.4 Å². The van der Waals surface area contributed by atoms with Crippen molar-refractivity contribution in [3.05, 3.63) is 0 Å². The second-order valence-corrected chi connectivity index (χ2v) is 3.46. The van der Waals surface area contributed by atoms with Gasteiger partial charge in [0.1, 0.15) is 0 Å². The summed E-state index contributed by atoms with van der Waals surface area (Å²) in [4.78, 5) is 30.4. The van der Waals surface area contributed by atoms with Gasteiger partial charge >= 0.3 is 11.9 Å². The first-order chi connectivity index (χ1) is 8.20. The van der Waals surface area contributed by atoms with Gasteiger partial charge in [0.05, 0.1) is 13.2 Å². The number of cyclic esters (lactones) is 2. The van der Waals surface area contributed by atoms with Gasteiger partial charge in [-0.05, 0) is 25.7 Å². The number of rotatable bonds is 0. The first-order valence-corrected chi connectivity index (χ1v) is 5.59. The summed E-state index contributed by atoms with van der Waals surface area (Å²) in [6.07, 6.45) is 3.75. The lowest BCUT2D eigenvalue weighted by atomic mass is 10.2. The summed E-state index contributed by atoms with van der Waals surface area (Å²) in [5, 5.41) is 6.89. The average Bonchev–Trinajstić information content (AvgIpc) is 2.28. The molecule has 0 aromatic rings. The van der Waals surface area contributed by atoms with E-state index in [1.165, 1.54) is 0 Å². The topological polar surface area (TPSA) is 89.9 Å². The van der Waals surface area contributed by atoms with Crippen molar-refractivity contribution in [3.63, 3.8) is 0 Å². The third-order valence-corrected chi connectivity index (χ3v) is 2.08. The maximum Gasteiger partial charge on any atom is 0.305 e. The fourth-order valence-electron chi connectivity index (χ4n) is 1.26. The predicted octanol–water partition coefficient (Wildman–Crippen LogP) is 1.13. The molecule has 98 valence electrons. The third kappa shape index (κ3) is 10.7. The highest BCUT2D eigenvalue weighted by atomic mass is 16.5. The van der Waals surface area contributed by atoms with E-state index in [1.807, 2.05) is 0 Å². The van der Waals surface area contributed by atoms with E-state index in [-0.39, 0.29) is 18.4 Å². The highest BCUT2D eigenvalue weighted by Gasteiger charge is 2.07. The van der Waals surface area contributed by atoms with E-state index < -0.39 is 0 Å². The molecule has 1 rings (SSSR count). The van der Waals surface area contributed by atoms with Gasteiger partial charge in [-0.25, -0.2) is 0 Å². The van der Waals surface area contributed by atoms with Crippen LogP contribution in [0.5, 0.6) is 0 Å². The molecular formula is C11H18O6. The van der Waals surface area contributed by atoms with Gasteiger partial charge in [0.15, 0.2) is 0 Å². The summed E-state index contributed by atoms with van der Waals surface area (Å²) in [6, 6.07) is 0. The maximum atomic E-state index is 11.0. The van der Waals surface area contributed by atoms with Crippen LogP contribution in [0.1, 0.15) is 38.5 Å². The molecule has 1 heterocycles. The largest absolute Gasteiger partial charge is 0.483 e. The summed E-state index contributed by atoms with van der Waals surface area (Å²) in [5.74, 6) is -0.308. The molecule has 0 atom stereocenters. The van der Waals surface area contributed by atoms with E-state index in [4.69, 9.17) is 19.4 Å². The standard InChI is InChI=1S/C10H16O4.CH2O2/c11-9-5-1-2-6-10(12)14-8-4-3-7-13-9;2-1-3/h1-8H2;1H,(H,2,3). The molecule has 1 fully saturated rings. The van der Waals surface area contributed by atoms with Gasteiger partial charge in [0.2, 0.25) is 0 Å². The van der Waals surface area contributed by atoms with Crippen molar-refractivity contribution in [1.82, 2.24) is 0 Å². The lowest BCUT2D eigenvalue weighted by molar-refractivity contribution is -0.147. The van der Waals surface area contributed by atoms with Crippen LogP contribution in [-0.2, 0) is 23.9 Å². The van der Waals surface area contributed by atoms with Crippen molar-refractivity contribution in [2.45, 2.75) is 38.5 Å². The molecule has 0 aromatic carbocycles. The summed E-state index contributed by atoms with van der Waals surface area (Å²) < 4.78 is 9.92. The summed E-state index contributed by atoms with van der Waals surface area (Å²) in [6.45, 7) is 0.632. The van der Waals surface area contributed by atoms with E-state index in [0.29, 0.717) is 38.9 Å². The predicted molar refractivity (Wildman–Crippen MR) is 58.3 cm³/mol. The van der Waals surface area contributed by atoms with E-state index in [9.17, 15) is 9.59 Å². The van der Waals surface area contributed by atoms with Crippen LogP contribution < -0.4 is 0 Å². The smallest absolute Gasteiger partial charge is 0.305 e. The quantitative estimate of drug-likeness (QED) is 0.509. The molecule has 0 amide bonds. The van der Waals surface area contributed by atoms with Crippen LogP contribution in [0.2, 0.25) is 0 Å². The highest BCUT2D eigenvalue weighted by molar-refractivity contribution is 5.70. The van der Waals surface area contributed by atoms with Gasteiger partial charge in [0, 0.05) is 12.8 Å². The van der Waals surface area contributed by atoms with Gasteiger partial charge in [-0.15, -0.1) is 0 Å². The zero-order chi connectivity index (χ0) is 12.9. The lowest BCUT2D eigenvalue weighted by Crippen LogP contribution is -2.11. The molecule has 0 saturated carbocycles. The van der Waals surface area contributed by atoms with Crippen LogP contribution in [0.25, 0.3) is 0 Å². The Morgan fingerprint density at radius 3 is 1.59 bits per heavy atom. The second-order valence-electron chi connectivity index (χ2n) is 3.46. The minimum atomic E-state index is -0.250.